The lowest BCUT2D eigenvalue weighted by atomic mass is 9.96. The second kappa shape index (κ2) is 5.72. The maximum atomic E-state index is 10.4. The summed E-state index contributed by atoms with van der Waals surface area (Å²) in [5, 5.41) is 14.9. The van der Waals surface area contributed by atoms with Crippen molar-refractivity contribution in [3.8, 4) is 0 Å². The molecule has 0 aliphatic carbocycles. The fourth-order valence-electron chi connectivity index (χ4n) is 2.81. The van der Waals surface area contributed by atoms with Crippen molar-refractivity contribution in [2.75, 3.05) is 13.2 Å². The first-order valence-corrected chi connectivity index (χ1v) is 7.48. The summed E-state index contributed by atoms with van der Waals surface area (Å²) in [6.07, 6.45) is 0.594. The van der Waals surface area contributed by atoms with E-state index in [4.69, 9.17) is 4.74 Å². The van der Waals surface area contributed by atoms with E-state index in [0.717, 1.165) is 23.1 Å². The second-order valence-electron chi connectivity index (χ2n) is 5.95. The van der Waals surface area contributed by atoms with Crippen LogP contribution in [0.5, 0.6) is 0 Å². The maximum absolute atomic E-state index is 10.4. The van der Waals surface area contributed by atoms with Crippen LogP contribution in [0.4, 0.5) is 0 Å². The van der Waals surface area contributed by atoms with Crippen molar-refractivity contribution in [2.45, 2.75) is 38.5 Å². The number of rotatable bonds is 4. The number of pyridine rings is 1. The molecule has 1 saturated heterocycles. The van der Waals surface area contributed by atoms with Gasteiger partial charge in [-0.05, 0) is 37.6 Å². The van der Waals surface area contributed by atoms with E-state index < -0.39 is 5.60 Å². The molecule has 1 aromatic heterocycles. The molecule has 0 saturated carbocycles. The molecule has 2 aromatic rings. The van der Waals surface area contributed by atoms with E-state index in [9.17, 15) is 5.11 Å². The van der Waals surface area contributed by atoms with Crippen LogP contribution < -0.4 is 5.32 Å². The van der Waals surface area contributed by atoms with E-state index in [2.05, 4.69) is 34.6 Å². The monoisotopic (exact) mass is 286 g/mol. The van der Waals surface area contributed by atoms with Crippen molar-refractivity contribution in [3.05, 3.63) is 41.6 Å². The molecule has 2 unspecified atom stereocenters. The Balaban J connectivity index is 1.64. The van der Waals surface area contributed by atoms with Crippen molar-refractivity contribution in [2.24, 2.45) is 0 Å². The van der Waals surface area contributed by atoms with Crippen LogP contribution in [0.3, 0.4) is 0 Å². The van der Waals surface area contributed by atoms with Crippen LogP contribution in [-0.2, 0) is 11.3 Å². The third-order valence-corrected chi connectivity index (χ3v) is 4.31. The number of benzene rings is 1. The zero-order chi connectivity index (χ0) is 14.9. The molecule has 4 heteroatoms. The van der Waals surface area contributed by atoms with Crippen molar-refractivity contribution >= 4 is 10.9 Å². The molecule has 2 heterocycles. The number of ether oxygens (including phenoxy) is 1. The Morgan fingerprint density at radius 3 is 3.00 bits per heavy atom. The molecule has 0 radical (unpaired) electrons. The molecular formula is C17H22N2O2. The topological polar surface area (TPSA) is 54.4 Å². The summed E-state index contributed by atoms with van der Waals surface area (Å²) in [5.74, 6) is 0. The number of nitrogens with one attached hydrogen (secondary N) is 1. The van der Waals surface area contributed by atoms with Crippen LogP contribution in [0.25, 0.3) is 10.9 Å². The molecule has 1 aromatic carbocycles. The summed E-state index contributed by atoms with van der Waals surface area (Å²) in [6, 6.07) is 10.4. The van der Waals surface area contributed by atoms with Gasteiger partial charge in [0.25, 0.3) is 0 Å². The molecule has 1 aliphatic heterocycles. The second-order valence-corrected chi connectivity index (χ2v) is 5.95. The predicted octanol–water partition coefficient (Wildman–Crippen LogP) is 2.17. The largest absolute Gasteiger partial charge is 0.386 e. The minimum atomic E-state index is -0.741. The van der Waals surface area contributed by atoms with E-state index in [1.807, 2.05) is 19.9 Å². The van der Waals surface area contributed by atoms with Crippen LogP contribution in [0.2, 0.25) is 0 Å². The fourth-order valence-corrected chi connectivity index (χ4v) is 2.81. The van der Waals surface area contributed by atoms with Gasteiger partial charge in [0.15, 0.2) is 0 Å². The van der Waals surface area contributed by atoms with E-state index in [0.29, 0.717) is 19.6 Å². The Bertz CT molecular complexity index is 644. The predicted molar refractivity (Wildman–Crippen MR) is 83.2 cm³/mol. The Hall–Kier alpha value is -1.49. The number of aryl methyl sites for hydroxylation is 1. The molecule has 1 fully saturated rings. The van der Waals surface area contributed by atoms with Gasteiger partial charge < -0.3 is 15.2 Å². The Morgan fingerprint density at radius 2 is 2.24 bits per heavy atom. The molecule has 1 aliphatic rings. The zero-order valence-corrected chi connectivity index (χ0v) is 12.6. The highest BCUT2D eigenvalue weighted by atomic mass is 16.5. The average Bonchev–Trinajstić information content (AvgIpc) is 2.79. The summed E-state index contributed by atoms with van der Waals surface area (Å²) in [5.41, 5.74) is 2.51. The molecule has 0 amide bonds. The summed E-state index contributed by atoms with van der Waals surface area (Å²) in [4.78, 5) is 4.50. The van der Waals surface area contributed by atoms with E-state index in [-0.39, 0.29) is 6.10 Å². The van der Waals surface area contributed by atoms with Gasteiger partial charge in [-0.3, -0.25) is 4.98 Å². The van der Waals surface area contributed by atoms with Gasteiger partial charge >= 0.3 is 0 Å². The summed E-state index contributed by atoms with van der Waals surface area (Å²) >= 11 is 0. The van der Waals surface area contributed by atoms with Crippen LogP contribution >= 0.6 is 0 Å². The number of aromatic nitrogens is 1. The van der Waals surface area contributed by atoms with Gasteiger partial charge in [0.1, 0.15) is 5.60 Å². The molecule has 4 nitrogen and oxygen atoms in total. The van der Waals surface area contributed by atoms with Gasteiger partial charge in [-0.25, -0.2) is 0 Å². The SMILES string of the molecule is Cc1ccc2cc(CNCC3(O)CCOC3C)ccc2n1. The minimum absolute atomic E-state index is 0.103. The van der Waals surface area contributed by atoms with E-state index in [1.165, 1.54) is 5.56 Å². The normalized spacial score (nSPS) is 25.6. The van der Waals surface area contributed by atoms with Crippen LogP contribution in [0.1, 0.15) is 24.6 Å². The van der Waals surface area contributed by atoms with Gasteiger partial charge in [-0.2, -0.15) is 0 Å². The summed E-state index contributed by atoms with van der Waals surface area (Å²) in [6.45, 7) is 5.86. The first-order valence-electron chi connectivity index (χ1n) is 7.48. The third kappa shape index (κ3) is 3.07. The van der Waals surface area contributed by atoms with Crippen molar-refractivity contribution in [3.63, 3.8) is 0 Å². The van der Waals surface area contributed by atoms with Crippen molar-refractivity contribution < 1.29 is 9.84 Å². The highest BCUT2D eigenvalue weighted by Crippen LogP contribution is 2.24. The standard InChI is InChI=1S/C17H22N2O2/c1-12-3-5-15-9-14(4-6-16(15)19-12)10-18-11-17(20)7-8-21-13(17)2/h3-6,9,13,18,20H,7-8,10-11H2,1-2H3. The Kier molecular flexibility index (Phi) is 3.93. The molecule has 112 valence electrons. The third-order valence-electron chi connectivity index (χ3n) is 4.31. The lowest BCUT2D eigenvalue weighted by Crippen LogP contribution is -2.45. The van der Waals surface area contributed by atoms with Gasteiger partial charge in [0.05, 0.1) is 11.6 Å². The lowest BCUT2D eigenvalue weighted by Gasteiger charge is -2.26. The zero-order valence-electron chi connectivity index (χ0n) is 12.6. The van der Waals surface area contributed by atoms with E-state index >= 15 is 0 Å². The maximum Gasteiger partial charge on any atom is 0.105 e. The van der Waals surface area contributed by atoms with Crippen LogP contribution in [0.15, 0.2) is 30.3 Å². The molecule has 2 N–H and O–H groups in total. The molecule has 3 rings (SSSR count). The highest BCUT2D eigenvalue weighted by Gasteiger charge is 2.38. The van der Waals surface area contributed by atoms with Gasteiger partial charge in [0, 0.05) is 37.2 Å². The van der Waals surface area contributed by atoms with Crippen molar-refractivity contribution in [1.82, 2.24) is 10.3 Å². The number of hydrogen-bond acceptors (Lipinski definition) is 4. The van der Waals surface area contributed by atoms with Crippen LogP contribution in [-0.4, -0.2) is 34.9 Å². The number of aliphatic hydroxyl groups is 1. The molecule has 0 spiro atoms. The summed E-state index contributed by atoms with van der Waals surface area (Å²) in [7, 11) is 0. The molecule has 2 atom stereocenters. The van der Waals surface area contributed by atoms with Gasteiger partial charge in [-0.15, -0.1) is 0 Å². The first kappa shape index (κ1) is 14.4. The van der Waals surface area contributed by atoms with Crippen LogP contribution in [0, 0.1) is 6.92 Å². The fraction of sp³-hybridized carbons (Fsp3) is 0.471. The minimum Gasteiger partial charge on any atom is -0.386 e. The smallest absolute Gasteiger partial charge is 0.105 e. The average molecular weight is 286 g/mol. The van der Waals surface area contributed by atoms with Gasteiger partial charge in [-0.1, -0.05) is 12.1 Å². The molecule has 0 bridgehead atoms. The molecule has 21 heavy (non-hydrogen) atoms. The number of hydrogen-bond donors (Lipinski definition) is 2. The van der Waals surface area contributed by atoms with Crippen molar-refractivity contribution in [1.29, 1.82) is 0 Å². The first-order chi connectivity index (χ1) is 10.1. The quantitative estimate of drug-likeness (QED) is 0.904. The number of fused-ring (bicyclic) bond motifs is 1. The summed E-state index contributed by atoms with van der Waals surface area (Å²) < 4.78 is 5.44. The van der Waals surface area contributed by atoms with E-state index in [1.54, 1.807) is 0 Å². The lowest BCUT2D eigenvalue weighted by molar-refractivity contribution is -0.0262. The Morgan fingerprint density at radius 1 is 1.38 bits per heavy atom. The number of nitrogens with zero attached hydrogens (tertiary/aromatic N) is 1. The van der Waals surface area contributed by atoms with Gasteiger partial charge in [0.2, 0.25) is 0 Å². The molecular weight excluding hydrogens is 264 g/mol. The highest BCUT2D eigenvalue weighted by molar-refractivity contribution is 5.79. The Labute approximate surface area is 125 Å².